The summed E-state index contributed by atoms with van der Waals surface area (Å²) >= 11 is 0. The number of piperidine rings is 1. The Hall–Kier alpha value is -1.78. The molecule has 2 aliphatic rings. The van der Waals surface area contributed by atoms with Gasteiger partial charge in [-0.25, -0.2) is 0 Å². The van der Waals surface area contributed by atoms with Crippen LogP contribution in [0.3, 0.4) is 0 Å². The van der Waals surface area contributed by atoms with Crippen LogP contribution in [0.25, 0.3) is 0 Å². The average molecular weight is 318 g/mol. The third-order valence-electron chi connectivity index (χ3n) is 5.11. The van der Waals surface area contributed by atoms with E-state index < -0.39 is 0 Å². The van der Waals surface area contributed by atoms with Gasteiger partial charge in [-0.3, -0.25) is 9.59 Å². The highest BCUT2D eigenvalue weighted by molar-refractivity contribution is 5.93. The van der Waals surface area contributed by atoms with Crippen molar-refractivity contribution in [3.05, 3.63) is 24.2 Å². The first-order chi connectivity index (χ1) is 11.2. The van der Waals surface area contributed by atoms with Crippen LogP contribution in [0, 0.1) is 5.92 Å². The molecule has 5 nitrogen and oxygen atoms in total. The molecule has 126 valence electrons. The lowest BCUT2D eigenvalue weighted by atomic mass is 9.86. The molecule has 1 aromatic heterocycles. The van der Waals surface area contributed by atoms with Gasteiger partial charge in [0, 0.05) is 25.6 Å². The summed E-state index contributed by atoms with van der Waals surface area (Å²) in [6.45, 7) is 1.39. The molecule has 0 spiro atoms. The van der Waals surface area contributed by atoms with E-state index in [0.717, 1.165) is 12.8 Å². The van der Waals surface area contributed by atoms with Crippen LogP contribution in [-0.4, -0.2) is 35.8 Å². The molecule has 0 unspecified atom stereocenters. The van der Waals surface area contributed by atoms with E-state index >= 15 is 0 Å². The molecule has 1 aliphatic carbocycles. The van der Waals surface area contributed by atoms with E-state index in [1.54, 1.807) is 6.07 Å². The molecule has 3 rings (SSSR count). The number of carbonyl (C=O) groups is 2. The molecule has 0 radical (unpaired) electrons. The van der Waals surface area contributed by atoms with Gasteiger partial charge in [0.1, 0.15) is 6.26 Å². The van der Waals surface area contributed by atoms with Crippen LogP contribution in [0.2, 0.25) is 0 Å². The Bertz CT molecular complexity index is 512. The van der Waals surface area contributed by atoms with Gasteiger partial charge in [-0.05, 0) is 37.7 Å². The van der Waals surface area contributed by atoms with E-state index in [9.17, 15) is 9.59 Å². The van der Waals surface area contributed by atoms with Crippen molar-refractivity contribution < 1.29 is 14.0 Å². The first-order valence-electron chi connectivity index (χ1n) is 8.83. The second kappa shape index (κ2) is 7.66. The maximum Gasteiger partial charge on any atom is 0.257 e. The second-order valence-electron chi connectivity index (χ2n) is 6.85. The number of nitrogens with zero attached hydrogens (tertiary/aromatic N) is 1. The van der Waals surface area contributed by atoms with Gasteiger partial charge < -0.3 is 14.6 Å². The Morgan fingerprint density at radius 3 is 2.52 bits per heavy atom. The zero-order valence-electron chi connectivity index (χ0n) is 13.6. The molecule has 2 amide bonds. The smallest absolute Gasteiger partial charge is 0.257 e. The van der Waals surface area contributed by atoms with Gasteiger partial charge in [-0.2, -0.15) is 0 Å². The molecule has 0 bridgehead atoms. The maximum atomic E-state index is 12.2. The highest BCUT2D eigenvalue weighted by Crippen LogP contribution is 2.26. The van der Waals surface area contributed by atoms with Gasteiger partial charge in [-0.1, -0.05) is 19.3 Å². The molecule has 1 aromatic rings. The largest absolute Gasteiger partial charge is 0.472 e. The van der Waals surface area contributed by atoms with Gasteiger partial charge in [0.2, 0.25) is 5.91 Å². The standard InChI is InChI=1S/C18H26N2O3/c21-17(12-14-4-2-1-3-5-14)19-16-6-9-20(10-7-16)18(22)15-8-11-23-13-15/h8,11,13-14,16H,1-7,9-10,12H2,(H,19,21). The predicted molar refractivity (Wildman–Crippen MR) is 87.0 cm³/mol. The van der Waals surface area contributed by atoms with Gasteiger partial charge in [-0.15, -0.1) is 0 Å². The fourth-order valence-electron chi connectivity index (χ4n) is 3.74. The second-order valence-corrected chi connectivity index (χ2v) is 6.85. The zero-order chi connectivity index (χ0) is 16.1. The Labute approximate surface area is 137 Å². The van der Waals surface area contributed by atoms with Crippen LogP contribution in [-0.2, 0) is 4.79 Å². The molecule has 2 heterocycles. The van der Waals surface area contributed by atoms with Crippen molar-refractivity contribution in [2.45, 2.75) is 57.4 Å². The number of hydrogen-bond donors (Lipinski definition) is 1. The van der Waals surface area contributed by atoms with E-state index in [2.05, 4.69) is 5.32 Å². The molecule has 23 heavy (non-hydrogen) atoms. The molecular formula is C18H26N2O3. The normalized spacial score (nSPS) is 20.4. The van der Waals surface area contributed by atoms with Crippen molar-refractivity contribution in [1.82, 2.24) is 10.2 Å². The van der Waals surface area contributed by atoms with Crippen molar-refractivity contribution in [1.29, 1.82) is 0 Å². The van der Waals surface area contributed by atoms with Crippen LogP contribution in [0.5, 0.6) is 0 Å². The maximum absolute atomic E-state index is 12.2. The van der Waals surface area contributed by atoms with Gasteiger partial charge in [0.15, 0.2) is 0 Å². The minimum atomic E-state index is 0.0192. The van der Waals surface area contributed by atoms with Crippen LogP contribution in [0.4, 0.5) is 0 Å². The summed E-state index contributed by atoms with van der Waals surface area (Å²) in [5.74, 6) is 0.786. The highest BCUT2D eigenvalue weighted by Gasteiger charge is 2.26. The molecule has 2 fully saturated rings. The third-order valence-corrected chi connectivity index (χ3v) is 5.11. The summed E-state index contributed by atoms with van der Waals surface area (Å²) < 4.78 is 4.97. The number of furan rings is 1. The lowest BCUT2D eigenvalue weighted by molar-refractivity contribution is -0.123. The monoisotopic (exact) mass is 318 g/mol. The van der Waals surface area contributed by atoms with Crippen molar-refractivity contribution in [3.63, 3.8) is 0 Å². The number of likely N-dealkylation sites (tertiary alicyclic amines) is 1. The fraction of sp³-hybridized carbons (Fsp3) is 0.667. The molecule has 1 saturated carbocycles. The number of carbonyl (C=O) groups excluding carboxylic acids is 2. The first-order valence-corrected chi connectivity index (χ1v) is 8.83. The molecular weight excluding hydrogens is 292 g/mol. The predicted octanol–water partition coefficient (Wildman–Crippen LogP) is 2.97. The number of amides is 2. The summed E-state index contributed by atoms with van der Waals surface area (Å²) in [6, 6.07) is 1.90. The van der Waals surface area contributed by atoms with Crippen LogP contribution in [0.1, 0.15) is 61.7 Å². The number of hydrogen-bond acceptors (Lipinski definition) is 3. The topological polar surface area (TPSA) is 62.6 Å². The van der Waals surface area contributed by atoms with Crippen molar-refractivity contribution in [3.8, 4) is 0 Å². The third kappa shape index (κ3) is 4.36. The minimum absolute atomic E-state index is 0.0192. The van der Waals surface area contributed by atoms with E-state index in [-0.39, 0.29) is 17.9 Å². The quantitative estimate of drug-likeness (QED) is 0.928. The Morgan fingerprint density at radius 1 is 1.13 bits per heavy atom. The molecule has 1 saturated heterocycles. The SMILES string of the molecule is O=C(CC1CCCCC1)NC1CCN(C(=O)c2ccoc2)CC1. The lowest BCUT2D eigenvalue weighted by Gasteiger charge is -2.32. The average Bonchev–Trinajstić information content (AvgIpc) is 3.10. The minimum Gasteiger partial charge on any atom is -0.472 e. The first kappa shape index (κ1) is 16.1. The van der Waals surface area contributed by atoms with E-state index in [1.807, 2.05) is 4.90 Å². The highest BCUT2D eigenvalue weighted by atomic mass is 16.3. The summed E-state index contributed by atoms with van der Waals surface area (Å²) in [7, 11) is 0. The lowest BCUT2D eigenvalue weighted by Crippen LogP contribution is -2.46. The van der Waals surface area contributed by atoms with Crippen molar-refractivity contribution in [2.75, 3.05) is 13.1 Å². The summed E-state index contributed by atoms with van der Waals surface area (Å²) in [5, 5.41) is 3.16. The van der Waals surface area contributed by atoms with E-state index in [1.165, 1.54) is 44.6 Å². The van der Waals surface area contributed by atoms with Crippen LogP contribution in [0.15, 0.2) is 23.0 Å². The number of nitrogens with one attached hydrogen (secondary N) is 1. The summed E-state index contributed by atoms with van der Waals surface area (Å²) in [6.07, 6.45) is 11.6. The summed E-state index contributed by atoms with van der Waals surface area (Å²) in [4.78, 5) is 26.3. The van der Waals surface area contributed by atoms with E-state index in [0.29, 0.717) is 31.0 Å². The number of rotatable bonds is 4. The molecule has 0 atom stereocenters. The Morgan fingerprint density at radius 2 is 1.87 bits per heavy atom. The molecule has 5 heteroatoms. The Balaban J connectivity index is 1.40. The van der Waals surface area contributed by atoms with Crippen LogP contribution < -0.4 is 5.32 Å². The molecule has 1 N–H and O–H groups in total. The van der Waals surface area contributed by atoms with Gasteiger partial charge in [0.25, 0.3) is 5.91 Å². The van der Waals surface area contributed by atoms with Gasteiger partial charge >= 0.3 is 0 Å². The van der Waals surface area contributed by atoms with Crippen LogP contribution >= 0.6 is 0 Å². The summed E-state index contributed by atoms with van der Waals surface area (Å²) in [5.41, 5.74) is 0.602. The zero-order valence-corrected chi connectivity index (χ0v) is 13.6. The van der Waals surface area contributed by atoms with Crippen molar-refractivity contribution >= 4 is 11.8 Å². The van der Waals surface area contributed by atoms with Crippen molar-refractivity contribution in [2.24, 2.45) is 5.92 Å². The molecule has 0 aromatic carbocycles. The Kier molecular flexibility index (Phi) is 5.36. The fourth-order valence-corrected chi connectivity index (χ4v) is 3.74. The van der Waals surface area contributed by atoms with Gasteiger partial charge in [0.05, 0.1) is 11.8 Å². The molecule has 1 aliphatic heterocycles. The van der Waals surface area contributed by atoms with E-state index in [4.69, 9.17) is 4.42 Å².